The summed E-state index contributed by atoms with van der Waals surface area (Å²) in [4.78, 5) is 39.1. The van der Waals surface area contributed by atoms with Crippen LogP contribution in [0, 0.1) is 0 Å². The largest absolute Gasteiger partial charge is 0.496 e. The quantitative estimate of drug-likeness (QED) is 0.771. The van der Waals surface area contributed by atoms with E-state index in [4.69, 9.17) is 4.74 Å². The maximum Gasteiger partial charge on any atom is 0.261 e. The van der Waals surface area contributed by atoms with E-state index in [2.05, 4.69) is 10.6 Å². The zero-order chi connectivity index (χ0) is 19.7. The molecule has 2 aliphatic rings. The number of nitrogens with one attached hydrogen (secondary N) is 2. The summed E-state index contributed by atoms with van der Waals surface area (Å²) >= 11 is 0. The predicted octanol–water partition coefficient (Wildman–Crippen LogP) is 1.58. The molecule has 0 aliphatic carbocycles. The highest BCUT2D eigenvalue weighted by molar-refractivity contribution is 6.21. The second-order valence-corrected chi connectivity index (χ2v) is 6.94. The van der Waals surface area contributed by atoms with Crippen LogP contribution in [0.4, 0.5) is 0 Å². The third-order valence-corrected chi connectivity index (χ3v) is 5.12. The number of rotatable bonds is 5. The lowest BCUT2D eigenvalue weighted by Crippen LogP contribution is -2.36. The maximum absolute atomic E-state index is 12.7. The van der Waals surface area contributed by atoms with Gasteiger partial charge in [-0.2, -0.15) is 0 Å². The molecule has 0 spiro atoms. The Hall–Kier alpha value is -3.19. The molecule has 0 saturated carbocycles. The van der Waals surface area contributed by atoms with Gasteiger partial charge >= 0.3 is 0 Å². The summed E-state index contributed by atoms with van der Waals surface area (Å²) < 4.78 is 5.32. The molecule has 1 atom stereocenters. The first-order chi connectivity index (χ1) is 13.6. The van der Waals surface area contributed by atoms with Crippen LogP contribution in [0.15, 0.2) is 42.5 Å². The summed E-state index contributed by atoms with van der Waals surface area (Å²) in [7, 11) is 1.51. The van der Waals surface area contributed by atoms with Gasteiger partial charge in [0.2, 0.25) is 0 Å². The van der Waals surface area contributed by atoms with Crippen LogP contribution < -0.4 is 15.4 Å². The summed E-state index contributed by atoms with van der Waals surface area (Å²) in [5, 5.41) is 6.20. The van der Waals surface area contributed by atoms with E-state index in [1.807, 2.05) is 0 Å². The number of carbonyl (C=O) groups excluding carboxylic acids is 3. The molecule has 2 aromatic carbocycles. The van der Waals surface area contributed by atoms with E-state index < -0.39 is 0 Å². The van der Waals surface area contributed by atoms with Crippen LogP contribution >= 0.6 is 0 Å². The van der Waals surface area contributed by atoms with E-state index in [9.17, 15) is 14.4 Å². The van der Waals surface area contributed by atoms with Gasteiger partial charge in [0.05, 0.1) is 30.3 Å². The summed E-state index contributed by atoms with van der Waals surface area (Å²) in [6.07, 6.45) is 0.878. The van der Waals surface area contributed by atoms with Crippen molar-refractivity contribution in [3.05, 3.63) is 64.7 Å². The number of benzene rings is 2. The van der Waals surface area contributed by atoms with Crippen LogP contribution in [0.1, 0.15) is 43.1 Å². The fourth-order valence-electron chi connectivity index (χ4n) is 3.64. The second-order valence-electron chi connectivity index (χ2n) is 6.94. The molecule has 4 rings (SSSR count). The summed E-state index contributed by atoms with van der Waals surface area (Å²) in [6, 6.07) is 12.0. The van der Waals surface area contributed by atoms with E-state index in [1.54, 1.807) is 42.5 Å². The SMILES string of the molecule is COc1ccc(CN2C(=O)c3ccccc3C2=O)cc1C(=O)NC1CCNC1. The van der Waals surface area contributed by atoms with Crippen molar-refractivity contribution in [2.24, 2.45) is 0 Å². The Kier molecular flexibility index (Phi) is 4.83. The molecule has 1 fully saturated rings. The number of ether oxygens (including phenoxy) is 1. The molecule has 144 valence electrons. The molecule has 7 heteroatoms. The highest BCUT2D eigenvalue weighted by Crippen LogP contribution is 2.26. The number of amides is 3. The van der Waals surface area contributed by atoms with Gasteiger partial charge < -0.3 is 15.4 Å². The minimum absolute atomic E-state index is 0.0806. The fourth-order valence-corrected chi connectivity index (χ4v) is 3.64. The van der Waals surface area contributed by atoms with E-state index >= 15 is 0 Å². The number of methoxy groups -OCH3 is 1. The van der Waals surface area contributed by atoms with Crippen LogP contribution in [-0.4, -0.2) is 48.9 Å². The predicted molar refractivity (Wildman–Crippen MR) is 102 cm³/mol. The molecule has 1 unspecified atom stereocenters. The first kappa shape index (κ1) is 18.2. The molecule has 0 bridgehead atoms. The van der Waals surface area contributed by atoms with E-state index in [0.29, 0.717) is 28.0 Å². The molecule has 3 amide bonds. The monoisotopic (exact) mass is 379 g/mol. The molecule has 2 aliphatic heterocycles. The van der Waals surface area contributed by atoms with Crippen molar-refractivity contribution in [2.45, 2.75) is 19.0 Å². The Morgan fingerprint density at radius 1 is 1.18 bits per heavy atom. The van der Waals surface area contributed by atoms with Gasteiger partial charge in [-0.3, -0.25) is 19.3 Å². The average molecular weight is 379 g/mol. The first-order valence-electron chi connectivity index (χ1n) is 9.22. The topological polar surface area (TPSA) is 87.7 Å². The van der Waals surface area contributed by atoms with Gasteiger partial charge in [0.15, 0.2) is 0 Å². The summed E-state index contributed by atoms with van der Waals surface area (Å²) in [5.74, 6) is -0.414. The second kappa shape index (κ2) is 7.44. The molecule has 1 saturated heterocycles. The molecule has 2 heterocycles. The van der Waals surface area contributed by atoms with Crippen LogP contribution in [0.3, 0.4) is 0 Å². The minimum Gasteiger partial charge on any atom is -0.496 e. The van der Waals surface area contributed by atoms with Gasteiger partial charge in [0.25, 0.3) is 17.7 Å². The number of hydrogen-bond acceptors (Lipinski definition) is 5. The van der Waals surface area contributed by atoms with E-state index in [-0.39, 0.29) is 30.3 Å². The summed E-state index contributed by atoms with van der Waals surface area (Å²) in [6.45, 7) is 1.71. The van der Waals surface area contributed by atoms with Crippen molar-refractivity contribution in [3.8, 4) is 5.75 Å². The number of hydrogen-bond donors (Lipinski definition) is 2. The van der Waals surface area contributed by atoms with Gasteiger partial charge in [0.1, 0.15) is 5.75 Å². The Morgan fingerprint density at radius 2 is 1.89 bits per heavy atom. The molecule has 28 heavy (non-hydrogen) atoms. The third-order valence-electron chi connectivity index (χ3n) is 5.12. The lowest BCUT2D eigenvalue weighted by Gasteiger charge is -2.17. The maximum atomic E-state index is 12.7. The minimum atomic E-state index is -0.320. The van der Waals surface area contributed by atoms with Gasteiger partial charge in [-0.1, -0.05) is 18.2 Å². The Balaban J connectivity index is 1.56. The van der Waals surface area contributed by atoms with E-state index in [0.717, 1.165) is 19.5 Å². The lowest BCUT2D eigenvalue weighted by molar-refractivity contribution is 0.0642. The highest BCUT2D eigenvalue weighted by atomic mass is 16.5. The highest BCUT2D eigenvalue weighted by Gasteiger charge is 2.35. The zero-order valence-corrected chi connectivity index (χ0v) is 15.5. The number of carbonyl (C=O) groups is 3. The first-order valence-corrected chi connectivity index (χ1v) is 9.22. The Labute approximate surface area is 162 Å². The van der Waals surface area contributed by atoms with Crippen molar-refractivity contribution in [2.75, 3.05) is 20.2 Å². The molecule has 2 N–H and O–H groups in total. The van der Waals surface area contributed by atoms with Gasteiger partial charge in [-0.15, -0.1) is 0 Å². The molecule has 2 aromatic rings. The van der Waals surface area contributed by atoms with Crippen LogP contribution in [0.2, 0.25) is 0 Å². The summed E-state index contributed by atoms with van der Waals surface area (Å²) in [5.41, 5.74) is 1.90. The molecule has 7 nitrogen and oxygen atoms in total. The lowest BCUT2D eigenvalue weighted by atomic mass is 10.1. The van der Waals surface area contributed by atoms with Gasteiger partial charge in [-0.05, 0) is 42.8 Å². The number of nitrogens with zero attached hydrogens (tertiary/aromatic N) is 1. The van der Waals surface area contributed by atoms with Crippen LogP contribution in [-0.2, 0) is 6.54 Å². The van der Waals surface area contributed by atoms with Crippen molar-refractivity contribution in [1.82, 2.24) is 15.5 Å². The smallest absolute Gasteiger partial charge is 0.261 e. The molecular weight excluding hydrogens is 358 g/mol. The Bertz CT molecular complexity index is 915. The van der Waals surface area contributed by atoms with Crippen molar-refractivity contribution < 1.29 is 19.1 Å². The van der Waals surface area contributed by atoms with Crippen LogP contribution in [0.5, 0.6) is 5.75 Å². The van der Waals surface area contributed by atoms with Crippen LogP contribution in [0.25, 0.3) is 0 Å². The van der Waals surface area contributed by atoms with Gasteiger partial charge in [-0.25, -0.2) is 0 Å². The van der Waals surface area contributed by atoms with Gasteiger partial charge in [0, 0.05) is 12.6 Å². The molecular formula is C21H21N3O4. The van der Waals surface area contributed by atoms with Crippen molar-refractivity contribution >= 4 is 17.7 Å². The van der Waals surface area contributed by atoms with Crippen molar-refractivity contribution in [1.29, 1.82) is 0 Å². The zero-order valence-electron chi connectivity index (χ0n) is 15.5. The molecule has 0 aromatic heterocycles. The standard InChI is InChI=1S/C21H21N3O4/c1-28-18-7-6-13(10-17(18)19(25)23-14-8-9-22-11-14)12-24-20(26)15-4-2-3-5-16(15)21(24)27/h2-7,10,14,22H,8-9,11-12H2,1H3,(H,23,25). The fraction of sp³-hybridized carbons (Fsp3) is 0.286. The van der Waals surface area contributed by atoms with Crippen molar-refractivity contribution in [3.63, 3.8) is 0 Å². The Morgan fingerprint density at radius 3 is 2.50 bits per heavy atom. The third kappa shape index (κ3) is 3.25. The number of fused-ring (bicyclic) bond motifs is 1. The van der Waals surface area contributed by atoms with E-state index in [1.165, 1.54) is 12.0 Å². The normalized spacial score (nSPS) is 18.3. The molecule has 0 radical (unpaired) electrons. The number of imide groups is 1. The average Bonchev–Trinajstić information content (AvgIpc) is 3.31.